The molecule has 1 aromatic carbocycles. The Balaban J connectivity index is 1.75. The number of carbonyl (C=O) groups is 2. The molecule has 1 N–H and O–H groups in total. The Morgan fingerprint density at radius 1 is 1.27 bits per heavy atom. The monoisotopic (exact) mass is 420 g/mol. The molecule has 3 rings (SSSR count). The van der Waals surface area contributed by atoms with E-state index in [0.29, 0.717) is 5.69 Å². The number of hydrogen-bond acceptors (Lipinski definition) is 3. The van der Waals surface area contributed by atoms with Crippen molar-refractivity contribution in [1.29, 1.82) is 0 Å². The van der Waals surface area contributed by atoms with Crippen molar-refractivity contribution in [3.63, 3.8) is 0 Å². The SMILES string of the molecule is Cc1cccc(NC(=O)CN2C(=O)N(c3ccc(C(F)(F)F)nc3)C[C@@H]2C(C)C)c1. The normalized spacial score (nSPS) is 17.0. The number of amides is 3. The van der Waals surface area contributed by atoms with E-state index in [0.717, 1.165) is 17.8 Å². The highest BCUT2D eigenvalue weighted by atomic mass is 19.4. The van der Waals surface area contributed by atoms with Crippen molar-refractivity contribution < 1.29 is 22.8 Å². The number of rotatable bonds is 5. The van der Waals surface area contributed by atoms with Crippen LogP contribution in [0.25, 0.3) is 0 Å². The summed E-state index contributed by atoms with van der Waals surface area (Å²) in [7, 11) is 0. The Morgan fingerprint density at radius 3 is 2.57 bits per heavy atom. The third-order valence-corrected chi connectivity index (χ3v) is 4.98. The fourth-order valence-corrected chi connectivity index (χ4v) is 3.42. The molecule has 2 heterocycles. The average Bonchev–Trinajstić information content (AvgIpc) is 2.98. The van der Waals surface area contributed by atoms with Crippen LogP contribution in [0.3, 0.4) is 0 Å². The summed E-state index contributed by atoms with van der Waals surface area (Å²) in [4.78, 5) is 31.7. The number of aromatic nitrogens is 1. The molecule has 1 aliphatic heterocycles. The minimum Gasteiger partial charge on any atom is -0.325 e. The quantitative estimate of drug-likeness (QED) is 0.784. The first-order valence-corrected chi connectivity index (χ1v) is 9.54. The first-order valence-electron chi connectivity index (χ1n) is 9.54. The summed E-state index contributed by atoms with van der Waals surface area (Å²) in [6, 6.07) is 8.69. The van der Waals surface area contributed by atoms with Crippen molar-refractivity contribution >= 4 is 23.3 Å². The van der Waals surface area contributed by atoms with Crippen molar-refractivity contribution in [3.05, 3.63) is 53.9 Å². The molecule has 3 amide bonds. The fourth-order valence-electron chi connectivity index (χ4n) is 3.42. The van der Waals surface area contributed by atoms with Crippen LogP contribution in [0.1, 0.15) is 25.1 Å². The highest BCUT2D eigenvalue weighted by Gasteiger charge is 2.41. The second-order valence-corrected chi connectivity index (χ2v) is 7.65. The molecule has 9 heteroatoms. The van der Waals surface area contributed by atoms with E-state index < -0.39 is 17.9 Å². The van der Waals surface area contributed by atoms with Gasteiger partial charge in [-0.05, 0) is 42.7 Å². The fraction of sp³-hybridized carbons (Fsp3) is 0.381. The van der Waals surface area contributed by atoms with Gasteiger partial charge >= 0.3 is 12.2 Å². The zero-order chi connectivity index (χ0) is 22.1. The number of anilines is 2. The molecule has 0 saturated carbocycles. The van der Waals surface area contributed by atoms with Gasteiger partial charge in [-0.3, -0.25) is 9.69 Å². The smallest absolute Gasteiger partial charge is 0.325 e. The van der Waals surface area contributed by atoms with Crippen LogP contribution in [0.2, 0.25) is 0 Å². The highest BCUT2D eigenvalue weighted by Crippen LogP contribution is 2.31. The van der Waals surface area contributed by atoms with E-state index in [1.807, 2.05) is 39.0 Å². The van der Waals surface area contributed by atoms with E-state index in [4.69, 9.17) is 0 Å². The van der Waals surface area contributed by atoms with Gasteiger partial charge in [0.05, 0.1) is 17.9 Å². The molecular formula is C21H23F3N4O2. The number of alkyl halides is 3. The molecular weight excluding hydrogens is 397 g/mol. The molecule has 0 unspecified atom stereocenters. The zero-order valence-electron chi connectivity index (χ0n) is 16.9. The summed E-state index contributed by atoms with van der Waals surface area (Å²) < 4.78 is 38.3. The van der Waals surface area contributed by atoms with Gasteiger partial charge in [-0.25, -0.2) is 9.78 Å². The minimum atomic E-state index is -4.55. The van der Waals surface area contributed by atoms with Gasteiger partial charge < -0.3 is 10.2 Å². The number of hydrogen-bond donors (Lipinski definition) is 1. The Hall–Kier alpha value is -3.10. The van der Waals surface area contributed by atoms with Crippen molar-refractivity contribution in [2.75, 3.05) is 23.3 Å². The number of pyridine rings is 1. The molecule has 1 saturated heterocycles. The van der Waals surface area contributed by atoms with E-state index in [2.05, 4.69) is 10.3 Å². The van der Waals surface area contributed by atoms with Gasteiger partial charge in [0.15, 0.2) is 0 Å². The van der Waals surface area contributed by atoms with Crippen molar-refractivity contribution in [1.82, 2.24) is 9.88 Å². The summed E-state index contributed by atoms with van der Waals surface area (Å²) in [5.41, 5.74) is 0.871. The molecule has 160 valence electrons. The predicted octanol–water partition coefficient (Wildman–Crippen LogP) is 4.31. The molecule has 1 aromatic heterocycles. The third-order valence-electron chi connectivity index (χ3n) is 4.98. The average molecular weight is 420 g/mol. The van der Waals surface area contributed by atoms with Crippen LogP contribution in [-0.4, -0.2) is 41.0 Å². The van der Waals surface area contributed by atoms with Crippen LogP contribution in [0.4, 0.5) is 29.3 Å². The van der Waals surface area contributed by atoms with Gasteiger partial charge in [-0.1, -0.05) is 26.0 Å². The summed E-state index contributed by atoms with van der Waals surface area (Å²) in [5.74, 6) is -0.292. The van der Waals surface area contributed by atoms with Crippen LogP contribution in [0.15, 0.2) is 42.6 Å². The summed E-state index contributed by atoms with van der Waals surface area (Å²) in [6.07, 6.45) is -3.51. The second-order valence-electron chi connectivity index (χ2n) is 7.65. The Morgan fingerprint density at radius 2 is 2.00 bits per heavy atom. The number of carbonyl (C=O) groups excluding carboxylic acids is 2. The van der Waals surface area contributed by atoms with Gasteiger partial charge in [0.1, 0.15) is 12.2 Å². The van der Waals surface area contributed by atoms with Gasteiger partial charge in [0.2, 0.25) is 5.91 Å². The van der Waals surface area contributed by atoms with Gasteiger partial charge in [0.25, 0.3) is 0 Å². The molecule has 0 aliphatic carbocycles. The molecule has 1 atom stereocenters. The summed E-state index contributed by atoms with van der Waals surface area (Å²) >= 11 is 0. The van der Waals surface area contributed by atoms with E-state index in [1.54, 1.807) is 6.07 Å². The van der Waals surface area contributed by atoms with Crippen molar-refractivity contribution in [2.45, 2.75) is 33.0 Å². The number of urea groups is 1. The molecule has 1 fully saturated rings. The number of benzene rings is 1. The molecule has 30 heavy (non-hydrogen) atoms. The lowest BCUT2D eigenvalue weighted by Crippen LogP contribution is -2.42. The van der Waals surface area contributed by atoms with Crippen molar-refractivity contribution in [2.24, 2.45) is 5.92 Å². The van der Waals surface area contributed by atoms with E-state index in [9.17, 15) is 22.8 Å². The lowest BCUT2D eigenvalue weighted by molar-refractivity contribution is -0.141. The first kappa shape index (κ1) is 21.6. The second kappa shape index (κ2) is 8.33. The molecule has 0 spiro atoms. The number of halogens is 3. The summed E-state index contributed by atoms with van der Waals surface area (Å²) in [5, 5.41) is 2.78. The van der Waals surface area contributed by atoms with Gasteiger partial charge in [-0.2, -0.15) is 13.2 Å². The van der Waals surface area contributed by atoms with Crippen LogP contribution >= 0.6 is 0 Å². The highest BCUT2D eigenvalue weighted by molar-refractivity contribution is 5.99. The van der Waals surface area contributed by atoms with Crippen LogP contribution in [0, 0.1) is 12.8 Å². The van der Waals surface area contributed by atoms with Crippen molar-refractivity contribution in [3.8, 4) is 0 Å². The lowest BCUT2D eigenvalue weighted by Gasteiger charge is -2.25. The third kappa shape index (κ3) is 4.72. The van der Waals surface area contributed by atoms with E-state index >= 15 is 0 Å². The van der Waals surface area contributed by atoms with Crippen LogP contribution in [-0.2, 0) is 11.0 Å². The molecule has 6 nitrogen and oxygen atoms in total. The topological polar surface area (TPSA) is 65.5 Å². The molecule has 0 radical (unpaired) electrons. The van der Waals surface area contributed by atoms with Gasteiger partial charge in [-0.15, -0.1) is 0 Å². The number of aryl methyl sites for hydroxylation is 1. The number of nitrogens with zero attached hydrogens (tertiary/aromatic N) is 3. The lowest BCUT2D eigenvalue weighted by atomic mass is 10.0. The Labute approximate surface area is 172 Å². The van der Waals surface area contributed by atoms with Crippen LogP contribution in [0.5, 0.6) is 0 Å². The Kier molecular flexibility index (Phi) is 6.00. The van der Waals surface area contributed by atoms with Gasteiger partial charge in [0, 0.05) is 12.2 Å². The zero-order valence-corrected chi connectivity index (χ0v) is 16.9. The molecule has 1 aliphatic rings. The largest absolute Gasteiger partial charge is 0.433 e. The number of nitrogens with one attached hydrogen (secondary N) is 1. The summed E-state index contributed by atoms with van der Waals surface area (Å²) in [6.45, 7) is 5.88. The molecule has 2 aromatic rings. The predicted molar refractivity (Wildman–Crippen MR) is 107 cm³/mol. The maximum atomic E-state index is 13.0. The Bertz CT molecular complexity index is 929. The van der Waals surface area contributed by atoms with E-state index in [1.165, 1.54) is 15.9 Å². The van der Waals surface area contributed by atoms with E-state index in [-0.39, 0.29) is 36.6 Å². The maximum Gasteiger partial charge on any atom is 0.433 e. The minimum absolute atomic E-state index is 0.0492. The first-order chi connectivity index (χ1) is 14.1. The maximum absolute atomic E-state index is 13.0. The molecule has 0 bridgehead atoms. The standard InChI is InChI=1S/C21H23F3N4O2/c1-13(2)17-11-27(16-7-8-18(25-10-16)21(22,23)24)20(30)28(17)12-19(29)26-15-6-4-5-14(3)9-15/h4-10,13,17H,11-12H2,1-3H3,(H,26,29)/t17-/m1/s1. The van der Waals surface area contributed by atoms with Crippen LogP contribution < -0.4 is 10.2 Å².